The van der Waals surface area contributed by atoms with Crippen molar-refractivity contribution in [1.82, 2.24) is 4.90 Å². The van der Waals surface area contributed by atoms with Gasteiger partial charge in [-0.2, -0.15) is 0 Å². The number of rotatable bonds is 5. The van der Waals surface area contributed by atoms with Gasteiger partial charge in [0.15, 0.2) is 0 Å². The molecule has 5 heteroatoms. The second kappa shape index (κ2) is 9.93. The van der Waals surface area contributed by atoms with E-state index in [9.17, 15) is 14.3 Å². The first kappa shape index (κ1) is 26.0. The van der Waals surface area contributed by atoms with Gasteiger partial charge in [0.05, 0.1) is 6.10 Å². The van der Waals surface area contributed by atoms with E-state index in [2.05, 4.69) is 13.8 Å². The smallest absolute Gasteiger partial charge is 0.409 e. The zero-order valence-corrected chi connectivity index (χ0v) is 22.7. The Balaban J connectivity index is 1.23. The van der Waals surface area contributed by atoms with E-state index < -0.39 is 0 Å². The maximum Gasteiger partial charge on any atom is 0.409 e. The summed E-state index contributed by atoms with van der Waals surface area (Å²) in [4.78, 5) is 13.7. The second-order valence-corrected chi connectivity index (χ2v) is 13.3. The third-order valence-electron chi connectivity index (χ3n) is 11.4. The summed E-state index contributed by atoms with van der Waals surface area (Å²) in [7, 11) is 3.52. The lowest BCUT2D eigenvalue weighted by atomic mass is 9.44. The Hall–Kier alpha value is -1.62. The molecule has 4 nitrogen and oxygen atoms in total. The Kier molecular flexibility index (Phi) is 7.17. The van der Waals surface area contributed by atoms with Gasteiger partial charge in [-0.1, -0.05) is 26.0 Å². The largest absolute Gasteiger partial charge is 0.446 e. The van der Waals surface area contributed by atoms with Crippen molar-refractivity contribution in [2.24, 2.45) is 40.4 Å². The van der Waals surface area contributed by atoms with Gasteiger partial charge in [0.2, 0.25) is 0 Å². The van der Waals surface area contributed by atoms with E-state index in [-0.39, 0.29) is 29.5 Å². The standard InChI is InChI=1S/C31H46FNO3/c1-30-17-15-23(36-29(35)33(3)4)19-21(30)8-11-24-25-12-13-27(31(25,2)18-16-26(24)30)28(34)14-7-20-5-9-22(32)10-6-20/h5-6,9-10,21,23-28,34H,7-8,11-19H2,1-4H3/t21-,23-,24-,25-,26-,27+,28+,30-,31-/m0/s1. The molecule has 0 radical (unpaired) electrons. The fourth-order valence-corrected chi connectivity index (χ4v) is 9.41. The zero-order chi connectivity index (χ0) is 25.7. The number of carbonyl (C=O) groups is 1. The summed E-state index contributed by atoms with van der Waals surface area (Å²) in [6.45, 7) is 5.03. The molecule has 4 aliphatic carbocycles. The van der Waals surface area contributed by atoms with E-state index in [1.165, 1.54) is 49.1 Å². The molecule has 1 N–H and O–H groups in total. The molecule has 200 valence electrons. The molecule has 0 bridgehead atoms. The van der Waals surface area contributed by atoms with E-state index in [4.69, 9.17) is 4.74 Å². The number of aryl methyl sites for hydroxylation is 1. The van der Waals surface area contributed by atoms with Crippen LogP contribution in [0.3, 0.4) is 0 Å². The molecule has 1 aromatic carbocycles. The Morgan fingerprint density at radius 1 is 1.03 bits per heavy atom. The van der Waals surface area contributed by atoms with Crippen molar-refractivity contribution in [3.8, 4) is 0 Å². The van der Waals surface area contributed by atoms with E-state index in [1.54, 1.807) is 14.1 Å². The van der Waals surface area contributed by atoms with Crippen LogP contribution in [-0.2, 0) is 11.2 Å². The SMILES string of the molecule is CN(C)C(=O)O[C@H]1CC[C@@]2(C)[C@@H](CC[C@@H]3[C@@H]2CC[C@]2(C)[C@@H]([C@H](O)CCc4ccc(F)cc4)CC[C@@H]32)C1. The Bertz CT molecular complexity index is 934. The average Bonchev–Trinajstić information content (AvgIpc) is 3.21. The summed E-state index contributed by atoms with van der Waals surface area (Å²) in [5.41, 5.74) is 1.69. The molecule has 5 rings (SSSR count). The molecule has 0 aromatic heterocycles. The lowest BCUT2D eigenvalue weighted by Gasteiger charge is -2.61. The monoisotopic (exact) mass is 499 g/mol. The van der Waals surface area contributed by atoms with Crippen LogP contribution in [0.2, 0.25) is 0 Å². The first-order valence-corrected chi connectivity index (χ1v) is 14.4. The molecular weight excluding hydrogens is 453 g/mol. The Labute approximate surface area is 217 Å². The van der Waals surface area contributed by atoms with Gasteiger partial charge in [-0.15, -0.1) is 0 Å². The summed E-state index contributed by atoms with van der Waals surface area (Å²) in [6, 6.07) is 6.74. The number of benzene rings is 1. The summed E-state index contributed by atoms with van der Waals surface area (Å²) >= 11 is 0. The van der Waals surface area contributed by atoms with Crippen LogP contribution in [0.1, 0.15) is 83.6 Å². The molecule has 4 aliphatic rings. The predicted molar refractivity (Wildman–Crippen MR) is 140 cm³/mol. The second-order valence-electron chi connectivity index (χ2n) is 13.3. The molecule has 36 heavy (non-hydrogen) atoms. The number of nitrogens with zero attached hydrogens (tertiary/aromatic N) is 1. The normalized spacial score (nSPS) is 40.5. The van der Waals surface area contributed by atoms with Crippen LogP contribution < -0.4 is 0 Å². The highest BCUT2D eigenvalue weighted by Gasteiger charge is 2.61. The first-order valence-electron chi connectivity index (χ1n) is 14.4. The van der Waals surface area contributed by atoms with Gasteiger partial charge in [0, 0.05) is 14.1 Å². The van der Waals surface area contributed by atoms with Gasteiger partial charge >= 0.3 is 6.09 Å². The fourth-order valence-electron chi connectivity index (χ4n) is 9.41. The van der Waals surface area contributed by atoms with Gasteiger partial charge in [-0.3, -0.25) is 0 Å². The molecular formula is C31H46FNO3. The molecule has 0 saturated heterocycles. The third-order valence-corrected chi connectivity index (χ3v) is 11.4. The molecule has 0 spiro atoms. The predicted octanol–water partition coefficient (Wildman–Crippen LogP) is 6.84. The number of ether oxygens (including phenoxy) is 1. The third kappa shape index (κ3) is 4.59. The summed E-state index contributed by atoms with van der Waals surface area (Å²) in [5, 5.41) is 11.3. The van der Waals surface area contributed by atoms with Crippen molar-refractivity contribution < 1.29 is 19.0 Å². The molecule has 4 fully saturated rings. The van der Waals surface area contributed by atoms with Crippen LogP contribution in [0.25, 0.3) is 0 Å². The molecule has 0 heterocycles. The topological polar surface area (TPSA) is 49.8 Å². The van der Waals surface area contributed by atoms with Crippen molar-refractivity contribution in [3.05, 3.63) is 35.6 Å². The van der Waals surface area contributed by atoms with E-state index in [1.807, 2.05) is 12.1 Å². The Morgan fingerprint density at radius 3 is 2.44 bits per heavy atom. The van der Waals surface area contributed by atoms with Crippen molar-refractivity contribution >= 4 is 6.09 Å². The zero-order valence-electron chi connectivity index (χ0n) is 22.7. The van der Waals surface area contributed by atoms with Crippen LogP contribution in [0.4, 0.5) is 9.18 Å². The maximum absolute atomic E-state index is 13.3. The maximum atomic E-state index is 13.3. The summed E-state index contributed by atoms with van der Waals surface area (Å²) < 4.78 is 19.1. The van der Waals surface area contributed by atoms with E-state index >= 15 is 0 Å². The number of aliphatic hydroxyl groups excluding tert-OH is 1. The molecule has 0 unspecified atom stereocenters. The van der Waals surface area contributed by atoms with Crippen molar-refractivity contribution in [1.29, 1.82) is 0 Å². The minimum absolute atomic E-state index is 0.0653. The molecule has 1 amide bonds. The number of carbonyl (C=O) groups excluding carboxylic acids is 1. The van der Waals surface area contributed by atoms with Crippen LogP contribution in [0.5, 0.6) is 0 Å². The highest BCUT2D eigenvalue weighted by Crippen LogP contribution is 2.68. The summed E-state index contributed by atoms with van der Waals surface area (Å²) in [6.07, 6.45) is 11.7. The molecule has 1 aromatic rings. The number of amides is 1. The van der Waals surface area contributed by atoms with Crippen molar-refractivity contribution in [2.45, 2.75) is 96.7 Å². The highest BCUT2D eigenvalue weighted by molar-refractivity contribution is 5.67. The van der Waals surface area contributed by atoms with Crippen LogP contribution in [0.15, 0.2) is 24.3 Å². The minimum Gasteiger partial charge on any atom is -0.446 e. The van der Waals surface area contributed by atoms with Crippen LogP contribution in [-0.4, -0.2) is 42.4 Å². The summed E-state index contributed by atoms with van der Waals surface area (Å²) in [5.74, 6) is 3.05. The number of halogens is 1. The average molecular weight is 500 g/mol. The van der Waals surface area contributed by atoms with Crippen molar-refractivity contribution in [2.75, 3.05) is 14.1 Å². The molecule has 4 saturated carbocycles. The van der Waals surface area contributed by atoms with Gasteiger partial charge < -0.3 is 14.7 Å². The van der Waals surface area contributed by atoms with Crippen LogP contribution in [0, 0.1) is 46.2 Å². The number of fused-ring (bicyclic) bond motifs is 5. The van der Waals surface area contributed by atoms with E-state index in [0.29, 0.717) is 23.2 Å². The van der Waals surface area contributed by atoms with Gasteiger partial charge in [0.1, 0.15) is 11.9 Å². The number of aliphatic hydroxyl groups is 1. The highest BCUT2D eigenvalue weighted by atomic mass is 19.1. The van der Waals surface area contributed by atoms with Gasteiger partial charge in [-0.25, -0.2) is 9.18 Å². The minimum atomic E-state index is -0.282. The lowest BCUT2D eigenvalue weighted by Crippen LogP contribution is -2.54. The van der Waals surface area contributed by atoms with Gasteiger partial charge in [0.25, 0.3) is 0 Å². The number of hydrogen-bond donors (Lipinski definition) is 1. The van der Waals surface area contributed by atoms with Crippen LogP contribution >= 0.6 is 0 Å². The van der Waals surface area contributed by atoms with E-state index in [0.717, 1.165) is 55.9 Å². The Morgan fingerprint density at radius 2 is 1.72 bits per heavy atom. The lowest BCUT2D eigenvalue weighted by molar-refractivity contribution is -0.134. The first-order chi connectivity index (χ1) is 17.1. The number of hydrogen-bond acceptors (Lipinski definition) is 3. The fraction of sp³-hybridized carbons (Fsp3) is 0.774. The molecule has 9 atom stereocenters. The quantitative estimate of drug-likeness (QED) is 0.482. The van der Waals surface area contributed by atoms with Gasteiger partial charge in [-0.05, 0) is 129 Å². The van der Waals surface area contributed by atoms with Crippen molar-refractivity contribution in [3.63, 3.8) is 0 Å². The molecule has 0 aliphatic heterocycles.